The molecule has 0 unspecified atom stereocenters. The Balaban J connectivity index is -0.000000121. The summed E-state index contributed by atoms with van der Waals surface area (Å²) in [5, 5.41) is 0. The summed E-state index contributed by atoms with van der Waals surface area (Å²) in [5.74, 6) is 0. The van der Waals surface area contributed by atoms with Crippen molar-refractivity contribution in [2.75, 3.05) is 0 Å². The number of aliphatic imine (C=N–C) groups is 2. The minimum atomic E-state index is -2.99. The summed E-state index contributed by atoms with van der Waals surface area (Å²) in [6.07, 6.45) is -11.1. The van der Waals surface area contributed by atoms with E-state index < -0.39 is 58.0 Å². The van der Waals surface area contributed by atoms with Crippen LogP contribution in [0.1, 0.15) is 246 Å². The van der Waals surface area contributed by atoms with Gasteiger partial charge in [-0.15, -0.1) is 0 Å². The van der Waals surface area contributed by atoms with E-state index in [0.29, 0.717) is 0 Å². The molecule has 0 spiro atoms. The summed E-state index contributed by atoms with van der Waals surface area (Å²) >= 11 is 0. The van der Waals surface area contributed by atoms with E-state index in [2.05, 4.69) is 9.98 Å². The Morgan fingerprint density at radius 2 is 0.712 bits per heavy atom. The molecule has 0 bridgehead atoms. The third-order valence-corrected chi connectivity index (χ3v) is 3.64. The van der Waals surface area contributed by atoms with E-state index >= 15 is 0 Å². The maximum Gasteiger partial charge on any atom is 0.0836 e. The van der Waals surface area contributed by atoms with Gasteiger partial charge in [0.15, 0.2) is 0 Å². The number of rotatable bonds is 6. The van der Waals surface area contributed by atoms with Gasteiger partial charge < -0.3 is 0 Å². The Kier molecular flexibility index (Phi) is 19.2. The minimum Gasteiger partial charge on any atom is -0.287 e. The second-order valence-electron chi connectivity index (χ2n) is 19.9. The van der Waals surface area contributed by atoms with Crippen LogP contribution in [0.3, 0.4) is 0 Å². The van der Waals surface area contributed by atoms with Crippen LogP contribution in [-0.2, 0) is 0 Å². The molecule has 0 atom stereocenters. The van der Waals surface area contributed by atoms with Crippen LogP contribution in [-0.4, -0.2) is 17.9 Å². The van der Waals surface area contributed by atoms with Crippen LogP contribution < -0.4 is 0 Å². The summed E-state index contributed by atoms with van der Waals surface area (Å²) in [7, 11) is 0. The van der Waals surface area contributed by atoms with Crippen LogP contribution in [0.15, 0.2) is 58.5 Å². The van der Waals surface area contributed by atoms with E-state index in [9.17, 15) is 0 Å². The molecule has 0 aromatic carbocycles. The maximum atomic E-state index is 8.01. The predicted octanol–water partition coefficient (Wildman–Crippen LogP) is 18.5. The van der Waals surface area contributed by atoms with Crippen LogP contribution in [0.4, 0.5) is 0 Å². The van der Waals surface area contributed by atoms with Crippen molar-refractivity contribution in [3.63, 3.8) is 0 Å². The van der Waals surface area contributed by atoms with E-state index in [1.54, 1.807) is 0 Å². The molecule has 0 saturated carbocycles. The van der Waals surface area contributed by atoms with Crippen molar-refractivity contribution >= 4 is 12.4 Å². The van der Waals surface area contributed by atoms with Gasteiger partial charge in [0.05, 0.1) is 19.2 Å². The molecular weight excluding hydrogens is 629 g/mol. The predicted molar refractivity (Wildman–Crippen MR) is 255 cm³/mol. The van der Waals surface area contributed by atoms with Gasteiger partial charge in [0.1, 0.15) is 0 Å². The lowest BCUT2D eigenvalue weighted by atomic mass is 9.85. The topological polar surface area (TPSA) is 24.7 Å². The fraction of sp³-hybridized carbons (Fsp3) is 0.800. The maximum absolute atomic E-state index is 8.01. The fourth-order valence-electron chi connectivity index (χ4n) is 1.68. The van der Waals surface area contributed by atoms with Crippen molar-refractivity contribution < 1.29 is 24.7 Å². The third kappa shape index (κ3) is 91.9. The van der Waals surface area contributed by atoms with Gasteiger partial charge in [-0.3, -0.25) is 9.98 Å². The molecule has 0 N–H and O–H groups in total. The molecule has 0 aromatic rings. The van der Waals surface area contributed by atoms with Crippen molar-refractivity contribution in [2.45, 2.75) is 227 Å². The molecule has 2 heteroatoms. The Hall–Kier alpha value is -1.70. The highest BCUT2D eigenvalue weighted by atomic mass is 14.8. The molecular formula is C50H106N2. The van der Waals surface area contributed by atoms with Gasteiger partial charge in [0.2, 0.25) is 0 Å². The van der Waals surface area contributed by atoms with Crippen molar-refractivity contribution in [2.24, 2.45) is 47.9 Å². The van der Waals surface area contributed by atoms with Crippen molar-refractivity contribution in [1.29, 1.82) is 0 Å². The molecule has 0 aliphatic heterocycles. The van der Waals surface area contributed by atoms with Crippen LogP contribution in [0, 0.1) is 37.9 Å². The Morgan fingerprint density at radius 3 is 0.942 bits per heavy atom. The van der Waals surface area contributed by atoms with Gasteiger partial charge in [-0.2, -0.15) is 0 Å². The highest BCUT2D eigenvalue weighted by molar-refractivity contribution is 5.71. The van der Waals surface area contributed by atoms with Crippen LogP contribution >= 0.6 is 0 Å². The molecule has 0 radical (unpaired) electrons. The van der Waals surface area contributed by atoms with Crippen LogP contribution in [0.5, 0.6) is 0 Å². The van der Waals surface area contributed by atoms with E-state index in [0.717, 1.165) is 0 Å². The molecule has 0 fully saturated rings. The largest absolute Gasteiger partial charge is 0.287 e. The lowest BCUT2D eigenvalue weighted by Crippen LogP contribution is -2.09. The third-order valence-electron chi connectivity index (χ3n) is 3.64. The summed E-state index contributed by atoms with van der Waals surface area (Å²) in [4.78, 5) is 7.92. The summed E-state index contributed by atoms with van der Waals surface area (Å²) in [5.41, 5.74) is -4.79. The SMILES string of the molecule is C.C.C.C.[3H]C(/C([3H])=C(/[3H])C(C)(C)C)=C(\[3H])C(C)(C)C.[3H]C(=N/C([3H])=C(/[3H])C(C)(C)C)C(C)(C)C.[3H]C(=NC(C)(C)C)/C([3H])=C(/[3H])C(C)(C)C.[3H]C([3H])(C(C)(C)C)C([3H])([3H])C([3H])([3H])C([3H])([3H])C(C)(C)C. The normalized spacial score (nSPS) is 21.4. The molecule has 0 amide bonds. The summed E-state index contributed by atoms with van der Waals surface area (Å²) in [6.45, 7) is 42.2. The first-order chi connectivity index (χ1) is 28.0. The standard InChI is InChI=1S/C12H26.C12H22.2C11H21N.4CH4/c2*1-11(2,3)9-7-8-10-12(4,5)6;1-10(2,3)7-8-12-9-11(4,5)6;1-10(2,3)8-7-9-12-11(4,5)6;;;;/h7-10H2,1-6H3;7-10H,1-6H3;2*7-9H,1-6H3;4*1H4/b;9-7-,10-8-;2*8-7-,12-9?;;;;/i7T2,8T2,9T2,10T2;7T,8T,9T,10T;2*7T,8T,9T;;;;. The first-order valence-corrected chi connectivity index (χ1v) is 16.9. The first kappa shape index (κ1) is 33.6. The van der Waals surface area contributed by atoms with Crippen molar-refractivity contribution in [3.8, 4) is 0 Å². The zero-order chi connectivity index (χ0) is 55.2. The highest BCUT2D eigenvalue weighted by Gasteiger charge is 2.12. The minimum absolute atomic E-state index is 0. The highest BCUT2D eigenvalue weighted by Crippen LogP contribution is 2.26. The number of hydrogen-bond donors (Lipinski definition) is 0. The fourth-order valence-corrected chi connectivity index (χ4v) is 1.68. The molecule has 0 aliphatic carbocycles. The summed E-state index contributed by atoms with van der Waals surface area (Å²) < 4.78 is 141. The molecule has 0 aliphatic rings. The van der Waals surface area contributed by atoms with Crippen molar-refractivity contribution in [1.82, 2.24) is 0 Å². The van der Waals surface area contributed by atoms with E-state index in [1.165, 1.54) is 41.5 Å². The Bertz CT molecular complexity index is 1720. The Labute approximate surface area is 360 Å². The second-order valence-corrected chi connectivity index (χ2v) is 19.9. The molecule has 2 nitrogen and oxygen atoms in total. The van der Waals surface area contributed by atoms with Gasteiger partial charge >= 0.3 is 0 Å². The molecule has 0 aromatic heterocycles. The smallest absolute Gasteiger partial charge is 0.0836 e. The van der Waals surface area contributed by atoms with Crippen molar-refractivity contribution in [3.05, 3.63) is 48.5 Å². The van der Waals surface area contributed by atoms with Crippen LogP contribution in [0.25, 0.3) is 0 Å². The quantitative estimate of drug-likeness (QED) is 0.190. The van der Waals surface area contributed by atoms with Gasteiger partial charge in [0.25, 0.3) is 0 Å². The molecule has 52 heavy (non-hydrogen) atoms. The van der Waals surface area contributed by atoms with E-state index in [4.69, 9.17) is 24.7 Å². The van der Waals surface area contributed by atoms with Gasteiger partial charge in [-0.25, -0.2) is 0 Å². The zero-order valence-electron chi connectivity index (χ0n) is 53.9. The van der Waals surface area contributed by atoms with E-state index in [-0.39, 0.29) is 102 Å². The lowest BCUT2D eigenvalue weighted by Gasteiger charge is -2.21. The number of hydrogen-bond acceptors (Lipinski definition) is 2. The van der Waals surface area contributed by atoms with Gasteiger partial charge in [-0.05, 0) is 77.5 Å². The van der Waals surface area contributed by atoms with Gasteiger partial charge in [0, 0.05) is 29.5 Å². The zero-order valence-corrected chi connectivity index (χ0v) is 35.9. The molecule has 316 valence electrons. The number of nitrogens with zero attached hydrogens (tertiary/aromatic N) is 2. The average Bonchev–Trinajstić information content (AvgIpc) is 3.05. The monoisotopic (exact) mass is 771 g/mol. The summed E-state index contributed by atoms with van der Waals surface area (Å²) in [6, 6.07) is 0.146. The average molecular weight is 772 g/mol. The Morgan fingerprint density at radius 1 is 0.423 bits per heavy atom. The molecule has 0 heterocycles. The lowest BCUT2D eigenvalue weighted by molar-refractivity contribution is 0.318. The molecule has 0 saturated heterocycles. The first-order valence-electron chi connectivity index (χ1n) is 25.9. The second kappa shape index (κ2) is 29.6. The van der Waals surface area contributed by atoms with Crippen LogP contribution in [0.2, 0.25) is 0 Å². The molecule has 0 rings (SSSR count). The van der Waals surface area contributed by atoms with Gasteiger partial charge in [-0.1, -0.05) is 224 Å². The van der Waals surface area contributed by atoms with E-state index in [1.807, 2.05) is 125 Å². The number of allylic oxidation sites excluding steroid dienone is 7.